The van der Waals surface area contributed by atoms with Gasteiger partial charge in [0.25, 0.3) is 0 Å². The maximum atomic E-state index is 12.3. The van der Waals surface area contributed by atoms with E-state index in [1.165, 1.54) is 0 Å². The lowest BCUT2D eigenvalue weighted by Crippen LogP contribution is -2.33. The number of urea groups is 1. The summed E-state index contributed by atoms with van der Waals surface area (Å²) in [6.45, 7) is 2.29. The molecular weight excluding hydrogens is 328 g/mol. The molecule has 6 nitrogen and oxygen atoms in total. The van der Waals surface area contributed by atoms with Gasteiger partial charge in [-0.05, 0) is 30.7 Å². The average Bonchev–Trinajstić information content (AvgIpc) is 3.10. The van der Waals surface area contributed by atoms with E-state index in [0.717, 1.165) is 16.9 Å². The number of hydrogen-bond donors (Lipinski definition) is 2. The second-order valence-electron chi connectivity index (χ2n) is 5.89. The van der Waals surface area contributed by atoms with Gasteiger partial charge in [-0.15, -0.1) is 0 Å². The van der Waals surface area contributed by atoms with Gasteiger partial charge in [0.1, 0.15) is 0 Å². The third-order valence-electron chi connectivity index (χ3n) is 4.03. The third kappa shape index (κ3) is 4.29. The number of nitrogens with zero attached hydrogens (tertiary/aromatic N) is 2. The van der Waals surface area contributed by atoms with Gasteiger partial charge >= 0.3 is 6.03 Å². The van der Waals surface area contributed by atoms with E-state index in [2.05, 4.69) is 15.7 Å². The summed E-state index contributed by atoms with van der Waals surface area (Å²) in [6.07, 6.45) is 1.66. The van der Waals surface area contributed by atoms with E-state index in [-0.39, 0.29) is 12.1 Å². The summed E-state index contributed by atoms with van der Waals surface area (Å²) in [5.41, 5.74) is 3.42. The van der Waals surface area contributed by atoms with Crippen LogP contribution < -0.4 is 10.6 Å². The molecule has 0 radical (unpaired) electrons. The predicted molar refractivity (Wildman–Crippen MR) is 102 cm³/mol. The Kier molecular flexibility index (Phi) is 5.66. The molecule has 2 aromatic carbocycles. The highest BCUT2D eigenvalue weighted by Gasteiger charge is 2.13. The molecule has 2 amide bonds. The smallest absolute Gasteiger partial charge is 0.319 e. The molecule has 3 rings (SSSR count). The van der Waals surface area contributed by atoms with Crippen LogP contribution in [0.3, 0.4) is 0 Å². The molecule has 0 aliphatic heterocycles. The number of rotatable bonds is 6. The van der Waals surface area contributed by atoms with Gasteiger partial charge < -0.3 is 15.4 Å². The SMILES string of the molecule is COC(CNC(=O)Nc1ccccc1-n1ccc(C)n1)c1ccccc1. The molecule has 1 unspecified atom stereocenters. The average molecular weight is 350 g/mol. The van der Waals surface area contributed by atoms with Crippen LogP contribution in [-0.4, -0.2) is 29.5 Å². The summed E-state index contributed by atoms with van der Waals surface area (Å²) < 4.78 is 7.22. The maximum Gasteiger partial charge on any atom is 0.319 e. The monoisotopic (exact) mass is 350 g/mol. The van der Waals surface area contributed by atoms with E-state index in [0.29, 0.717) is 12.2 Å². The second-order valence-corrected chi connectivity index (χ2v) is 5.89. The first-order valence-electron chi connectivity index (χ1n) is 8.41. The highest BCUT2D eigenvalue weighted by molar-refractivity contribution is 5.91. The predicted octanol–water partition coefficient (Wildman–Crippen LogP) is 3.69. The van der Waals surface area contributed by atoms with Crippen molar-refractivity contribution in [1.29, 1.82) is 0 Å². The van der Waals surface area contributed by atoms with Gasteiger partial charge in [-0.2, -0.15) is 5.10 Å². The third-order valence-corrected chi connectivity index (χ3v) is 4.03. The van der Waals surface area contributed by atoms with Crippen molar-refractivity contribution < 1.29 is 9.53 Å². The fraction of sp³-hybridized carbons (Fsp3) is 0.200. The molecule has 0 spiro atoms. The van der Waals surface area contributed by atoms with Crippen LogP contribution in [0.25, 0.3) is 5.69 Å². The number of hydrogen-bond acceptors (Lipinski definition) is 3. The van der Waals surface area contributed by atoms with Crippen LogP contribution in [0.4, 0.5) is 10.5 Å². The Morgan fingerprint density at radius 2 is 1.85 bits per heavy atom. The second kappa shape index (κ2) is 8.31. The largest absolute Gasteiger partial charge is 0.375 e. The van der Waals surface area contributed by atoms with E-state index >= 15 is 0 Å². The molecule has 3 aromatic rings. The van der Waals surface area contributed by atoms with E-state index in [4.69, 9.17) is 4.74 Å². The van der Waals surface area contributed by atoms with Gasteiger partial charge in [-0.1, -0.05) is 42.5 Å². The summed E-state index contributed by atoms with van der Waals surface area (Å²) in [7, 11) is 1.63. The van der Waals surface area contributed by atoms with Crippen molar-refractivity contribution >= 4 is 11.7 Å². The zero-order chi connectivity index (χ0) is 18.4. The van der Waals surface area contributed by atoms with Gasteiger partial charge in [0.15, 0.2) is 0 Å². The summed E-state index contributed by atoms with van der Waals surface area (Å²) in [6, 6.07) is 19.0. The normalized spacial score (nSPS) is 11.8. The van der Waals surface area contributed by atoms with Gasteiger partial charge in [-0.25, -0.2) is 9.48 Å². The molecular formula is C20H22N4O2. The minimum Gasteiger partial charge on any atom is -0.375 e. The number of methoxy groups -OCH3 is 1. The number of amides is 2. The van der Waals surface area contributed by atoms with Gasteiger partial charge in [0.05, 0.1) is 23.2 Å². The van der Waals surface area contributed by atoms with Crippen LogP contribution in [0.5, 0.6) is 0 Å². The Hall–Kier alpha value is -3.12. The number of para-hydroxylation sites is 2. The molecule has 0 aliphatic rings. The van der Waals surface area contributed by atoms with Crippen LogP contribution in [0, 0.1) is 6.92 Å². The lowest BCUT2D eigenvalue weighted by molar-refractivity contribution is 0.104. The van der Waals surface area contributed by atoms with Crippen LogP contribution in [0.15, 0.2) is 66.9 Å². The van der Waals surface area contributed by atoms with Crippen molar-refractivity contribution in [2.45, 2.75) is 13.0 Å². The Morgan fingerprint density at radius 3 is 2.54 bits per heavy atom. The van der Waals surface area contributed by atoms with Crippen molar-refractivity contribution in [2.24, 2.45) is 0 Å². The Balaban J connectivity index is 1.65. The van der Waals surface area contributed by atoms with Crippen molar-refractivity contribution in [3.05, 3.63) is 78.1 Å². The lowest BCUT2D eigenvalue weighted by Gasteiger charge is -2.17. The summed E-state index contributed by atoms with van der Waals surface area (Å²) >= 11 is 0. The summed E-state index contributed by atoms with van der Waals surface area (Å²) in [5, 5.41) is 10.1. The summed E-state index contributed by atoms with van der Waals surface area (Å²) in [4.78, 5) is 12.3. The van der Waals surface area contributed by atoms with Gasteiger partial charge in [0, 0.05) is 19.9 Å². The van der Waals surface area contributed by atoms with Crippen molar-refractivity contribution in [1.82, 2.24) is 15.1 Å². The van der Waals surface area contributed by atoms with E-state index in [1.807, 2.05) is 73.8 Å². The number of anilines is 1. The first-order valence-corrected chi connectivity index (χ1v) is 8.41. The standard InChI is InChI=1S/C20H22N4O2/c1-15-12-13-24(23-15)18-11-7-6-10-17(18)22-20(25)21-14-19(26-2)16-8-4-3-5-9-16/h3-13,19H,14H2,1-2H3,(H2,21,22,25). The molecule has 0 bridgehead atoms. The number of benzene rings is 2. The molecule has 0 saturated carbocycles. The molecule has 1 aromatic heterocycles. The molecule has 0 saturated heterocycles. The fourth-order valence-corrected chi connectivity index (χ4v) is 2.69. The zero-order valence-electron chi connectivity index (χ0n) is 14.8. The Labute approximate surface area is 152 Å². The number of aryl methyl sites for hydroxylation is 1. The molecule has 0 fully saturated rings. The summed E-state index contributed by atoms with van der Waals surface area (Å²) in [5.74, 6) is 0. The maximum absolute atomic E-state index is 12.3. The molecule has 26 heavy (non-hydrogen) atoms. The van der Waals surface area contributed by atoms with E-state index in [9.17, 15) is 4.79 Å². The first-order chi connectivity index (χ1) is 12.7. The number of carbonyl (C=O) groups excluding carboxylic acids is 1. The highest BCUT2D eigenvalue weighted by Crippen LogP contribution is 2.20. The molecule has 0 aliphatic carbocycles. The number of ether oxygens (including phenoxy) is 1. The molecule has 2 N–H and O–H groups in total. The fourth-order valence-electron chi connectivity index (χ4n) is 2.69. The van der Waals surface area contributed by atoms with Crippen LogP contribution in [0.1, 0.15) is 17.4 Å². The Morgan fingerprint density at radius 1 is 1.12 bits per heavy atom. The van der Waals surface area contributed by atoms with Crippen molar-refractivity contribution in [2.75, 3.05) is 19.0 Å². The Bertz CT molecular complexity index is 861. The van der Waals surface area contributed by atoms with Gasteiger partial charge in [-0.3, -0.25) is 0 Å². The molecule has 1 heterocycles. The first kappa shape index (κ1) is 17.7. The van der Waals surface area contributed by atoms with Crippen LogP contribution in [0.2, 0.25) is 0 Å². The van der Waals surface area contributed by atoms with Crippen LogP contribution >= 0.6 is 0 Å². The lowest BCUT2D eigenvalue weighted by atomic mass is 10.1. The van der Waals surface area contributed by atoms with E-state index in [1.54, 1.807) is 11.8 Å². The number of aromatic nitrogens is 2. The zero-order valence-corrected chi connectivity index (χ0v) is 14.8. The van der Waals surface area contributed by atoms with Gasteiger partial charge in [0.2, 0.25) is 0 Å². The quantitative estimate of drug-likeness (QED) is 0.712. The van der Waals surface area contributed by atoms with Crippen LogP contribution in [-0.2, 0) is 4.74 Å². The molecule has 1 atom stereocenters. The minimum atomic E-state index is -0.292. The van der Waals surface area contributed by atoms with Crippen molar-refractivity contribution in [3.63, 3.8) is 0 Å². The highest BCUT2D eigenvalue weighted by atomic mass is 16.5. The molecule has 6 heteroatoms. The van der Waals surface area contributed by atoms with E-state index < -0.39 is 0 Å². The number of nitrogens with one attached hydrogen (secondary N) is 2. The van der Waals surface area contributed by atoms with Crippen molar-refractivity contribution in [3.8, 4) is 5.69 Å². The topological polar surface area (TPSA) is 68.2 Å². The molecule has 134 valence electrons. The minimum absolute atomic E-state index is 0.203. The number of carbonyl (C=O) groups is 1.